The minimum absolute atomic E-state index is 0.0832. The van der Waals surface area contributed by atoms with Crippen molar-refractivity contribution in [2.75, 3.05) is 26.4 Å². The molecule has 4 aliphatic rings. The first-order valence-corrected chi connectivity index (χ1v) is 18.3. The molecule has 6 heterocycles. The zero-order valence-corrected chi connectivity index (χ0v) is 29.4. The first-order valence-electron chi connectivity index (χ1n) is 18.3. The molecular weight excluding hydrogens is 676 g/mol. The molecule has 0 bridgehead atoms. The average molecular weight is 719 g/mol. The summed E-state index contributed by atoms with van der Waals surface area (Å²) < 4.78 is 31.9. The van der Waals surface area contributed by atoms with Crippen molar-refractivity contribution in [2.45, 2.75) is 70.4 Å². The van der Waals surface area contributed by atoms with Gasteiger partial charge < -0.3 is 28.8 Å². The van der Waals surface area contributed by atoms with E-state index in [4.69, 9.17) is 23.7 Å². The lowest BCUT2D eigenvalue weighted by Crippen LogP contribution is -2.29. The summed E-state index contributed by atoms with van der Waals surface area (Å²) in [5, 5.41) is 9.63. The number of rotatable bonds is 9. The highest BCUT2D eigenvalue weighted by atomic mass is 16.5. The Labute approximate surface area is 306 Å². The molecule has 2 fully saturated rings. The third-order valence-electron chi connectivity index (χ3n) is 10.0. The zero-order valence-electron chi connectivity index (χ0n) is 29.4. The van der Waals surface area contributed by atoms with Gasteiger partial charge in [-0.1, -0.05) is 30.3 Å². The molecule has 0 saturated carbocycles. The summed E-state index contributed by atoms with van der Waals surface area (Å²) in [6, 6.07) is 25.0. The van der Waals surface area contributed by atoms with Gasteiger partial charge in [0.2, 0.25) is 11.8 Å². The lowest BCUT2D eigenvalue weighted by Gasteiger charge is -2.22. The van der Waals surface area contributed by atoms with Gasteiger partial charge in [-0.25, -0.2) is 9.59 Å². The lowest BCUT2D eigenvalue weighted by molar-refractivity contribution is 0.0661. The maximum Gasteiger partial charge on any atom is 0.351 e. The van der Waals surface area contributed by atoms with Crippen molar-refractivity contribution in [3.8, 4) is 45.8 Å². The van der Waals surface area contributed by atoms with E-state index in [1.165, 1.54) is 0 Å². The van der Waals surface area contributed by atoms with Crippen molar-refractivity contribution < 1.29 is 28.8 Å². The quantitative estimate of drug-likeness (QED) is 0.213. The molecule has 3 aromatic carbocycles. The smallest absolute Gasteiger partial charge is 0.351 e. The SMILES string of the molecule is O=c1nc(OCC2CCCO2)cc2n1CCc1cc(O)ccc1-2.O=c1nc(OCC2CCCO2)cc2n1CCc1cc(OCc3ccccc3)ccc1-2. The van der Waals surface area contributed by atoms with E-state index in [9.17, 15) is 14.7 Å². The summed E-state index contributed by atoms with van der Waals surface area (Å²) in [7, 11) is 0. The molecule has 0 amide bonds. The third-order valence-corrected chi connectivity index (χ3v) is 10.0. The number of ether oxygens (including phenoxy) is 5. The molecule has 2 aromatic heterocycles. The Hall–Kier alpha value is -5.46. The number of aromatic nitrogens is 4. The second kappa shape index (κ2) is 15.6. The first kappa shape index (κ1) is 34.6. The number of phenols is 1. The van der Waals surface area contributed by atoms with Crippen LogP contribution in [0.25, 0.3) is 22.5 Å². The molecule has 0 radical (unpaired) electrons. The number of nitrogens with zero attached hydrogens (tertiary/aromatic N) is 4. The van der Waals surface area contributed by atoms with Gasteiger partial charge in [0.05, 0.1) is 23.6 Å². The molecule has 12 heteroatoms. The van der Waals surface area contributed by atoms with E-state index in [0.717, 1.165) is 90.3 Å². The van der Waals surface area contributed by atoms with Crippen LogP contribution in [0.3, 0.4) is 0 Å². The number of aromatic hydroxyl groups is 1. The van der Waals surface area contributed by atoms with E-state index in [-0.39, 0.29) is 29.3 Å². The van der Waals surface area contributed by atoms with Gasteiger partial charge in [0, 0.05) is 49.6 Å². The van der Waals surface area contributed by atoms with Crippen molar-refractivity contribution in [3.05, 3.63) is 117 Å². The van der Waals surface area contributed by atoms with Crippen molar-refractivity contribution >= 4 is 0 Å². The van der Waals surface area contributed by atoms with E-state index in [0.29, 0.717) is 51.1 Å². The molecule has 0 spiro atoms. The standard InChI is InChI=1S/C24H24N2O4.C17H18N2O4/c27-24-25-23(30-16-20-7-4-12-28-20)14-22-21-9-8-19(13-18(21)10-11-26(22)24)29-15-17-5-2-1-3-6-17;20-12-3-4-14-11(8-12)5-6-19-15(14)9-16(18-17(19)21)23-10-13-2-1-7-22-13/h1-3,5-6,8-9,13-14,20H,4,7,10-12,15-16H2;3-4,8-9,13,20H,1-2,5-7,10H2. The second-order valence-electron chi connectivity index (χ2n) is 13.7. The Balaban J connectivity index is 0.000000156. The van der Waals surface area contributed by atoms with Crippen molar-refractivity contribution in [2.24, 2.45) is 0 Å². The predicted molar refractivity (Wildman–Crippen MR) is 197 cm³/mol. The van der Waals surface area contributed by atoms with Crippen molar-refractivity contribution in [3.63, 3.8) is 0 Å². The molecule has 2 unspecified atom stereocenters. The van der Waals surface area contributed by atoms with Gasteiger partial charge in [-0.2, -0.15) is 9.97 Å². The Bertz CT molecular complexity index is 2190. The Morgan fingerprint density at radius 2 is 1.25 bits per heavy atom. The Morgan fingerprint density at radius 1 is 0.679 bits per heavy atom. The van der Waals surface area contributed by atoms with Gasteiger partial charge in [-0.15, -0.1) is 0 Å². The average Bonchev–Trinajstić information content (AvgIpc) is 3.91. The summed E-state index contributed by atoms with van der Waals surface area (Å²) in [5.74, 6) is 1.76. The second-order valence-corrected chi connectivity index (χ2v) is 13.7. The van der Waals surface area contributed by atoms with Crippen LogP contribution in [-0.4, -0.2) is 62.8 Å². The molecule has 12 nitrogen and oxygen atoms in total. The maximum atomic E-state index is 12.5. The molecule has 53 heavy (non-hydrogen) atoms. The zero-order chi connectivity index (χ0) is 36.1. The van der Waals surface area contributed by atoms with Gasteiger partial charge in [0.25, 0.3) is 0 Å². The fraction of sp³-hybridized carbons (Fsp3) is 0.366. The van der Waals surface area contributed by atoms with E-state index in [2.05, 4.69) is 16.0 Å². The minimum Gasteiger partial charge on any atom is -0.508 e. The highest BCUT2D eigenvalue weighted by molar-refractivity contribution is 5.68. The van der Waals surface area contributed by atoms with Crippen LogP contribution in [0.15, 0.2) is 88.5 Å². The summed E-state index contributed by atoms with van der Waals surface area (Å²) >= 11 is 0. The van der Waals surface area contributed by atoms with Gasteiger partial charge >= 0.3 is 11.4 Å². The Kier molecular flexibility index (Phi) is 10.2. The molecule has 0 aliphatic carbocycles. The monoisotopic (exact) mass is 718 g/mol. The van der Waals surface area contributed by atoms with Crippen LogP contribution in [0.1, 0.15) is 42.4 Å². The molecule has 1 N–H and O–H groups in total. The number of hydrogen-bond acceptors (Lipinski definition) is 10. The van der Waals surface area contributed by atoms with E-state index < -0.39 is 0 Å². The van der Waals surface area contributed by atoms with Crippen LogP contribution in [0.5, 0.6) is 23.3 Å². The Morgan fingerprint density at radius 3 is 1.81 bits per heavy atom. The fourth-order valence-electron chi connectivity index (χ4n) is 7.26. The van der Waals surface area contributed by atoms with Crippen LogP contribution in [0.4, 0.5) is 0 Å². The van der Waals surface area contributed by atoms with Crippen LogP contribution in [0.2, 0.25) is 0 Å². The summed E-state index contributed by atoms with van der Waals surface area (Å²) in [5.41, 5.74) is 6.34. The van der Waals surface area contributed by atoms with Gasteiger partial charge in [-0.05, 0) is 91.6 Å². The molecule has 274 valence electrons. The molecule has 4 aliphatic heterocycles. The highest BCUT2D eigenvalue weighted by Crippen LogP contribution is 2.34. The molecule has 9 rings (SSSR count). The molecule has 2 saturated heterocycles. The molecule has 5 aromatic rings. The van der Waals surface area contributed by atoms with Gasteiger partial charge in [-0.3, -0.25) is 9.13 Å². The van der Waals surface area contributed by atoms with Gasteiger partial charge in [0.15, 0.2) is 0 Å². The summed E-state index contributed by atoms with van der Waals surface area (Å²) in [4.78, 5) is 32.9. The number of fused-ring (bicyclic) bond motifs is 6. The van der Waals surface area contributed by atoms with Gasteiger partial charge in [0.1, 0.15) is 31.3 Å². The van der Waals surface area contributed by atoms with Crippen molar-refractivity contribution in [1.82, 2.24) is 19.1 Å². The van der Waals surface area contributed by atoms with Crippen LogP contribution in [-0.2, 0) is 42.0 Å². The van der Waals surface area contributed by atoms with Crippen LogP contribution < -0.4 is 25.6 Å². The third kappa shape index (κ3) is 7.98. The molecule has 2 atom stereocenters. The van der Waals surface area contributed by atoms with E-state index in [1.807, 2.05) is 54.6 Å². The normalized spacial score (nSPS) is 18.1. The topological polar surface area (TPSA) is 136 Å². The van der Waals surface area contributed by atoms with Crippen molar-refractivity contribution in [1.29, 1.82) is 0 Å². The first-order chi connectivity index (χ1) is 26.0. The fourth-order valence-corrected chi connectivity index (χ4v) is 7.26. The number of hydrogen-bond donors (Lipinski definition) is 1. The van der Waals surface area contributed by atoms with Crippen LogP contribution in [0, 0.1) is 0 Å². The number of aryl methyl sites for hydroxylation is 2. The number of benzene rings is 3. The largest absolute Gasteiger partial charge is 0.508 e. The maximum absolute atomic E-state index is 12.5. The number of phenolic OH excluding ortho intramolecular Hbond substituents is 1. The van der Waals surface area contributed by atoms with E-state index >= 15 is 0 Å². The van der Waals surface area contributed by atoms with Crippen LogP contribution >= 0.6 is 0 Å². The summed E-state index contributed by atoms with van der Waals surface area (Å²) in [6.07, 6.45) is 5.70. The highest BCUT2D eigenvalue weighted by Gasteiger charge is 2.23. The lowest BCUT2D eigenvalue weighted by atomic mass is 9.97. The molecular formula is C41H42N4O8. The van der Waals surface area contributed by atoms with E-state index in [1.54, 1.807) is 27.3 Å². The summed E-state index contributed by atoms with van der Waals surface area (Å²) in [6.45, 7) is 4.07. The minimum atomic E-state index is -0.302. The predicted octanol–water partition coefficient (Wildman–Crippen LogP) is 5.33.